The zero-order chi connectivity index (χ0) is 25.4. The number of carbonyl (C=O) groups is 1. The molecule has 0 aromatic heterocycles. The maximum atomic E-state index is 14.0. The van der Waals surface area contributed by atoms with E-state index in [9.17, 15) is 4.79 Å². The van der Waals surface area contributed by atoms with Crippen molar-refractivity contribution < 1.29 is 9.53 Å². The Kier molecular flexibility index (Phi) is 5.82. The summed E-state index contributed by atoms with van der Waals surface area (Å²) < 4.78 is 5.86. The highest BCUT2D eigenvalue weighted by Crippen LogP contribution is 2.42. The maximum absolute atomic E-state index is 14.0. The van der Waals surface area contributed by atoms with Crippen LogP contribution >= 0.6 is 0 Å². The second-order valence-electron chi connectivity index (χ2n) is 9.34. The van der Waals surface area contributed by atoms with Crippen LogP contribution in [0.4, 0.5) is 0 Å². The molecule has 0 radical (unpaired) electrons. The summed E-state index contributed by atoms with van der Waals surface area (Å²) in [6, 6.07) is 38.8. The lowest BCUT2D eigenvalue weighted by Gasteiger charge is -2.21. The van der Waals surface area contributed by atoms with Gasteiger partial charge in [0.05, 0.1) is 13.2 Å². The average molecular weight is 482 g/mol. The summed E-state index contributed by atoms with van der Waals surface area (Å²) in [5.41, 5.74) is 3.53. The smallest absolute Gasteiger partial charge is 0.252 e. The van der Waals surface area contributed by atoms with Crippen molar-refractivity contribution >= 4 is 38.2 Å². The molecule has 1 atom stereocenters. The van der Waals surface area contributed by atoms with Gasteiger partial charge in [0.25, 0.3) is 5.91 Å². The normalized spacial score (nSPS) is 12.1. The van der Waals surface area contributed by atoms with Gasteiger partial charge in [-0.05, 0) is 56.9 Å². The molecule has 6 rings (SSSR count). The number of carbonyl (C=O) groups excluding carboxylic acids is 1. The van der Waals surface area contributed by atoms with Crippen LogP contribution in [0.25, 0.3) is 43.4 Å². The van der Waals surface area contributed by atoms with E-state index in [4.69, 9.17) is 4.74 Å². The van der Waals surface area contributed by atoms with Crippen molar-refractivity contribution in [2.75, 3.05) is 7.11 Å². The molecule has 0 heterocycles. The van der Waals surface area contributed by atoms with Gasteiger partial charge in [0, 0.05) is 16.7 Å². The fraction of sp³-hybridized carbons (Fsp3) is 0.0882. The lowest BCUT2D eigenvalue weighted by molar-refractivity contribution is 0.0941. The summed E-state index contributed by atoms with van der Waals surface area (Å²) in [7, 11) is 1.68. The fourth-order valence-corrected chi connectivity index (χ4v) is 5.39. The van der Waals surface area contributed by atoms with E-state index in [2.05, 4.69) is 59.9 Å². The molecular formula is C34H27NO2. The molecule has 0 unspecified atom stereocenters. The van der Waals surface area contributed by atoms with Crippen molar-refractivity contribution in [1.29, 1.82) is 0 Å². The average Bonchev–Trinajstić information content (AvgIpc) is 2.95. The SMILES string of the molecule is COc1ccc2ccccc2c1-c1c(C(=O)N[C@H](C)c2cccc3ccccc23)ccc2ccccc12. The molecule has 0 saturated carbocycles. The summed E-state index contributed by atoms with van der Waals surface area (Å²) in [6.45, 7) is 2.04. The molecule has 0 aliphatic rings. The summed E-state index contributed by atoms with van der Waals surface area (Å²) in [4.78, 5) is 14.0. The molecular weight excluding hydrogens is 454 g/mol. The molecule has 0 aliphatic carbocycles. The third-order valence-electron chi connectivity index (χ3n) is 7.17. The predicted octanol–water partition coefficient (Wildman–Crippen LogP) is 8.31. The van der Waals surface area contributed by atoms with Crippen LogP contribution in [0.2, 0.25) is 0 Å². The van der Waals surface area contributed by atoms with E-state index in [1.54, 1.807) is 7.11 Å². The van der Waals surface area contributed by atoms with Crippen molar-refractivity contribution in [1.82, 2.24) is 5.32 Å². The van der Waals surface area contributed by atoms with Gasteiger partial charge in [-0.15, -0.1) is 0 Å². The van der Waals surface area contributed by atoms with Gasteiger partial charge in [-0.25, -0.2) is 0 Å². The van der Waals surface area contributed by atoms with Crippen LogP contribution in [0.5, 0.6) is 5.75 Å². The quantitative estimate of drug-likeness (QED) is 0.269. The van der Waals surface area contributed by atoms with Crippen molar-refractivity contribution in [2.45, 2.75) is 13.0 Å². The molecule has 0 spiro atoms. The van der Waals surface area contributed by atoms with Crippen LogP contribution in [-0.2, 0) is 0 Å². The van der Waals surface area contributed by atoms with Crippen LogP contribution in [-0.4, -0.2) is 13.0 Å². The summed E-state index contributed by atoms with van der Waals surface area (Å²) >= 11 is 0. The molecule has 3 nitrogen and oxygen atoms in total. The largest absolute Gasteiger partial charge is 0.496 e. The van der Waals surface area contributed by atoms with Crippen molar-refractivity contribution in [3.63, 3.8) is 0 Å². The molecule has 6 aromatic rings. The third-order valence-corrected chi connectivity index (χ3v) is 7.17. The van der Waals surface area contributed by atoms with Gasteiger partial charge < -0.3 is 10.1 Å². The molecule has 37 heavy (non-hydrogen) atoms. The Morgan fingerprint density at radius 1 is 0.622 bits per heavy atom. The van der Waals surface area contributed by atoms with Crippen LogP contribution in [0.1, 0.15) is 28.9 Å². The van der Waals surface area contributed by atoms with E-state index < -0.39 is 0 Å². The first-order chi connectivity index (χ1) is 18.2. The number of nitrogens with one attached hydrogen (secondary N) is 1. The molecule has 6 aromatic carbocycles. The van der Waals surface area contributed by atoms with E-state index in [1.165, 1.54) is 0 Å². The second kappa shape index (κ2) is 9.44. The first-order valence-corrected chi connectivity index (χ1v) is 12.5. The van der Waals surface area contributed by atoms with E-state index >= 15 is 0 Å². The first kappa shape index (κ1) is 22.8. The number of ether oxygens (including phenoxy) is 1. The first-order valence-electron chi connectivity index (χ1n) is 12.5. The van der Waals surface area contributed by atoms with E-state index in [1.807, 2.05) is 67.6 Å². The molecule has 1 N–H and O–H groups in total. The van der Waals surface area contributed by atoms with E-state index in [0.29, 0.717) is 5.56 Å². The maximum Gasteiger partial charge on any atom is 0.252 e. The number of hydrogen-bond donors (Lipinski definition) is 1. The van der Waals surface area contributed by atoms with Crippen LogP contribution in [0.3, 0.4) is 0 Å². The summed E-state index contributed by atoms with van der Waals surface area (Å²) in [6.07, 6.45) is 0. The van der Waals surface area contributed by atoms with Gasteiger partial charge in [0.15, 0.2) is 0 Å². The van der Waals surface area contributed by atoms with Crippen LogP contribution in [0, 0.1) is 0 Å². The molecule has 1 amide bonds. The summed E-state index contributed by atoms with van der Waals surface area (Å²) in [5.74, 6) is 0.627. The van der Waals surface area contributed by atoms with Crippen molar-refractivity contribution in [3.8, 4) is 16.9 Å². The molecule has 0 bridgehead atoms. The summed E-state index contributed by atoms with van der Waals surface area (Å²) in [5, 5.41) is 9.83. The predicted molar refractivity (Wildman–Crippen MR) is 153 cm³/mol. The minimum absolute atomic E-state index is 0.115. The van der Waals surface area contributed by atoms with Gasteiger partial charge >= 0.3 is 0 Å². The lowest BCUT2D eigenvalue weighted by Crippen LogP contribution is -2.27. The zero-order valence-corrected chi connectivity index (χ0v) is 20.9. The second-order valence-corrected chi connectivity index (χ2v) is 9.34. The number of methoxy groups -OCH3 is 1. The minimum Gasteiger partial charge on any atom is -0.496 e. The van der Waals surface area contributed by atoms with Crippen LogP contribution in [0.15, 0.2) is 115 Å². The highest BCUT2D eigenvalue weighted by Gasteiger charge is 2.22. The number of rotatable bonds is 5. The topological polar surface area (TPSA) is 38.3 Å². The van der Waals surface area contributed by atoms with Gasteiger partial charge in [-0.1, -0.05) is 103 Å². The van der Waals surface area contributed by atoms with Crippen molar-refractivity contribution in [2.24, 2.45) is 0 Å². The Balaban J connectivity index is 1.53. The zero-order valence-electron chi connectivity index (χ0n) is 20.9. The Bertz CT molecular complexity index is 1780. The number of hydrogen-bond acceptors (Lipinski definition) is 2. The molecule has 180 valence electrons. The molecule has 3 heteroatoms. The Morgan fingerprint density at radius 3 is 1.84 bits per heavy atom. The van der Waals surface area contributed by atoms with Gasteiger partial charge in [0.2, 0.25) is 0 Å². The standard InChI is InChI=1S/C34H27NO2/c1-22(26-17-9-13-23-10-3-6-14-27(23)26)35-34(36)30-20-18-24-11-4-7-15-28(24)32(30)33-29-16-8-5-12-25(29)19-21-31(33)37-2/h3-22H,1-2H3,(H,35,36)/t22-/m1/s1. The van der Waals surface area contributed by atoms with Gasteiger partial charge in [0.1, 0.15) is 5.75 Å². The van der Waals surface area contributed by atoms with E-state index in [0.717, 1.165) is 54.8 Å². The van der Waals surface area contributed by atoms with Crippen molar-refractivity contribution in [3.05, 3.63) is 126 Å². The minimum atomic E-state index is -0.174. The molecule has 0 saturated heterocycles. The third kappa shape index (κ3) is 3.99. The highest BCUT2D eigenvalue weighted by molar-refractivity contribution is 6.15. The monoisotopic (exact) mass is 481 g/mol. The number of benzene rings is 6. The van der Waals surface area contributed by atoms with E-state index in [-0.39, 0.29) is 11.9 Å². The van der Waals surface area contributed by atoms with Gasteiger partial charge in [-0.2, -0.15) is 0 Å². The highest BCUT2D eigenvalue weighted by atomic mass is 16.5. The Hall–Kier alpha value is -4.63. The Labute approximate surface area is 216 Å². The lowest BCUT2D eigenvalue weighted by atomic mass is 9.89. The molecule has 0 fully saturated rings. The molecule has 0 aliphatic heterocycles. The van der Waals surface area contributed by atoms with Crippen LogP contribution < -0.4 is 10.1 Å². The Morgan fingerprint density at radius 2 is 1.16 bits per heavy atom. The number of fused-ring (bicyclic) bond motifs is 3. The van der Waals surface area contributed by atoms with Gasteiger partial charge in [-0.3, -0.25) is 4.79 Å². The number of amides is 1. The fourth-order valence-electron chi connectivity index (χ4n) is 5.39.